The Kier molecular flexibility index (Phi) is 5.91. The fourth-order valence-electron chi connectivity index (χ4n) is 3.82. The third kappa shape index (κ3) is 4.55. The molecule has 1 fully saturated rings. The van der Waals surface area contributed by atoms with Crippen molar-refractivity contribution in [3.05, 3.63) is 65.7 Å². The van der Waals surface area contributed by atoms with Crippen molar-refractivity contribution >= 4 is 17.5 Å². The largest absolute Gasteiger partial charge is 0.366 e. The summed E-state index contributed by atoms with van der Waals surface area (Å²) in [6.45, 7) is 2.66. The molecule has 5 nitrogen and oxygen atoms in total. The molecule has 0 heterocycles. The summed E-state index contributed by atoms with van der Waals surface area (Å²) in [6.07, 6.45) is 4.74. The first-order valence-corrected chi connectivity index (χ1v) is 9.50. The number of anilines is 1. The van der Waals surface area contributed by atoms with Crippen LogP contribution >= 0.6 is 0 Å². The summed E-state index contributed by atoms with van der Waals surface area (Å²) in [4.78, 5) is 23.6. The molecule has 4 N–H and O–H groups in total. The predicted molar refractivity (Wildman–Crippen MR) is 108 cm³/mol. The number of carbonyl (C=O) groups is 2. The van der Waals surface area contributed by atoms with Crippen LogP contribution in [0.25, 0.3) is 0 Å². The number of carbonyl (C=O) groups excluding carboxylic acids is 2. The van der Waals surface area contributed by atoms with E-state index in [0.717, 1.165) is 19.4 Å². The Hall–Kier alpha value is -2.66. The normalized spacial score (nSPS) is 16.6. The van der Waals surface area contributed by atoms with Crippen molar-refractivity contribution in [2.24, 2.45) is 5.73 Å². The van der Waals surface area contributed by atoms with Gasteiger partial charge in [-0.3, -0.25) is 9.59 Å². The number of rotatable bonds is 7. The van der Waals surface area contributed by atoms with Crippen molar-refractivity contribution < 1.29 is 9.59 Å². The molecule has 1 saturated carbocycles. The topological polar surface area (TPSA) is 84.2 Å². The highest BCUT2D eigenvalue weighted by Crippen LogP contribution is 2.40. The molecule has 0 saturated heterocycles. The molecule has 5 heteroatoms. The van der Waals surface area contributed by atoms with Gasteiger partial charge in [0.25, 0.3) is 0 Å². The second-order valence-electron chi connectivity index (χ2n) is 7.39. The summed E-state index contributed by atoms with van der Waals surface area (Å²) in [5.74, 6) is -0.575. The zero-order valence-corrected chi connectivity index (χ0v) is 15.7. The van der Waals surface area contributed by atoms with Gasteiger partial charge in [-0.25, -0.2) is 0 Å². The maximum Gasteiger partial charge on any atom is 0.248 e. The van der Waals surface area contributed by atoms with Gasteiger partial charge >= 0.3 is 0 Å². The molecule has 2 aromatic rings. The molecule has 3 rings (SSSR count). The Morgan fingerprint density at radius 3 is 2.26 bits per heavy atom. The third-order valence-electron chi connectivity index (χ3n) is 5.52. The Bertz CT molecular complexity index is 781. The fraction of sp³-hybridized carbons (Fsp3) is 0.364. The van der Waals surface area contributed by atoms with Crippen LogP contribution in [-0.2, 0) is 10.2 Å². The monoisotopic (exact) mass is 365 g/mol. The minimum absolute atomic E-state index is 0.0944. The van der Waals surface area contributed by atoms with Crippen LogP contribution in [-0.4, -0.2) is 24.4 Å². The molecule has 142 valence electrons. The van der Waals surface area contributed by atoms with Crippen LogP contribution in [0, 0.1) is 0 Å². The van der Waals surface area contributed by atoms with E-state index in [0.29, 0.717) is 11.3 Å². The molecule has 0 aliphatic heterocycles. The Morgan fingerprint density at radius 1 is 1.04 bits per heavy atom. The second kappa shape index (κ2) is 8.35. The lowest BCUT2D eigenvalue weighted by molar-refractivity contribution is -0.117. The van der Waals surface area contributed by atoms with Gasteiger partial charge in [0, 0.05) is 23.2 Å². The van der Waals surface area contributed by atoms with Gasteiger partial charge in [-0.15, -0.1) is 0 Å². The minimum atomic E-state index is -0.481. The third-order valence-corrected chi connectivity index (χ3v) is 5.52. The zero-order chi connectivity index (χ0) is 19.3. The van der Waals surface area contributed by atoms with Gasteiger partial charge in [-0.05, 0) is 49.6 Å². The average molecular weight is 365 g/mol. The van der Waals surface area contributed by atoms with Gasteiger partial charge in [-0.2, -0.15) is 0 Å². The zero-order valence-electron chi connectivity index (χ0n) is 15.7. The quantitative estimate of drug-likeness (QED) is 0.704. The lowest BCUT2D eigenvalue weighted by Crippen LogP contribution is -2.45. The van der Waals surface area contributed by atoms with Crippen LogP contribution in [0.5, 0.6) is 0 Å². The summed E-state index contributed by atoms with van der Waals surface area (Å²) in [7, 11) is 0. The van der Waals surface area contributed by atoms with Crippen LogP contribution < -0.4 is 16.4 Å². The van der Waals surface area contributed by atoms with Crippen molar-refractivity contribution in [3.8, 4) is 0 Å². The summed E-state index contributed by atoms with van der Waals surface area (Å²) < 4.78 is 0. The van der Waals surface area contributed by atoms with E-state index in [1.807, 2.05) is 13.0 Å². The van der Waals surface area contributed by atoms with E-state index in [9.17, 15) is 9.59 Å². The predicted octanol–water partition coefficient (Wildman–Crippen LogP) is 3.21. The fourth-order valence-corrected chi connectivity index (χ4v) is 3.82. The molecule has 2 aromatic carbocycles. The number of nitrogens with two attached hydrogens (primary N) is 1. The van der Waals surface area contributed by atoms with E-state index < -0.39 is 5.91 Å². The summed E-state index contributed by atoms with van der Waals surface area (Å²) >= 11 is 0. The van der Waals surface area contributed by atoms with Crippen LogP contribution in [0.1, 0.15) is 48.5 Å². The maximum absolute atomic E-state index is 12.5. The summed E-state index contributed by atoms with van der Waals surface area (Å²) in [5, 5.41) is 6.31. The summed E-state index contributed by atoms with van der Waals surface area (Å²) in [6, 6.07) is 16.9. The minimum Gasteiger partial charge on any atom is -0.366 e. The van der Waals surface area contributed by atoms with E-state index in [-0.39, 0.29) is 17.4 Å². The first-order valence-electron chi connectivity index (χ1n) is 9.50. The molecule has 27 heavy (non-hydrogen) atoms. The number of nitrogens with one attached hydrogen (secondary N) is 2. The van der Waals surface area contributed by atoms with Gasteiger partial charge in [0.15, 0.2) is 0 Å². The SMILES string of the molecule is CC(NCC1(c2ccccc2)CCCC1)C(=O)Nc1ccc(C(N)=O)cc1. The Balaban J connectivity index is 1.60. The lowest BCUT2D eigenvalue weighted by Gasteiger charge is -2.31. The molecule has 0 radical (unpaired) electrons. The highest BCUT2D eigenvalue weighted by Gasteiger charge is 2.35. The van der Waals surface area contributed by atoms with E-state index in [1.54, 1.807) is 24.3 Å². The molecule has 1 aliphatic rings. The maximum atomic E-state index is 12.5. The van der Waals surface area contributed by atoms with Crippen molar-refractivity contribution in [1.29, 1.82) is 0 Å². The number of primary amides is 1. The van der Waals surface area contributed by atoms with E-state index in [4.69, 9.17) is 5.73 Å². The van der Waals surface area contributed by atoms with Crippen molar-refractivity contribution in [1.82, 2.24) is 5.32 Å². The first kappa shape index (κ1) is 19.1. The van der Waals surface area contributed by atoms with Gasteiger partial charge in [0.05, 0.1) is 6.04 Å². The molecule has 2 amide bonds. The summed E-state index contributed by atoms with van der Waals surface area (Å²) in [5.41, 5.74) is 7.77. The van der Waals surface area contributed by atoms with Crippen molar-refractivity contribution in [2.75, 3.05) is 11.9 Å². The lowest BCUT2D eigenvalue weighted by atomic mass is 9.78. The van der Waals surface area contributed by atoms with Gasteiger partial charge in [0.2, 0.25) is 11.8 Å². The number of amides is 2. The van der Waals surface area contributed by atoms with E-state index in [2.05, 4.69) is 34.9 Å². The molecule has 1 aliphatic carbocycles. The van der Waals surface area contributed by atoms with Crippen LogP contribution in [0.4, 0.5) is 5.69 Å². The molecule has 0 bridgehead atoms. The second-order valence-corrected chi connectivity index (χ2v) is 7.39. The highest BCUT2D eigenvalue weighted by molar-refractivity contribution is 5.96. The van der Waals surface area contributed by atoms with Gasteiger partial charge in [0.1, 0.15) is 0 Å². The van der Waals surface area contributed by atoms with Crippen molar-refractivity contribution in [2.45, 2.75) is 44.1 Å². The average Bonchev–Trinajstić information content (AvgIpc) is 3.17. The molecular formula is C22H27N3O2. The Morgan fingerprint density at radius 2 is 1.67 bits per heavy atom. The van der Waals surface area contributed by atoms with E-state index in [1.165, 1.54) is 18.4 Å². The Labute approximate surface area is 160 Å². The smallest absolute Gasteiger partial charge is 0.248 e. The molecule has 1 unspecified atom stereocenters. The van der Waals surface area contributed by atoms with Crippen LogP contribution in [0.3, 0.4) is 0 Å². The standard InChI is InChI=1S/C22H27N3O2/c1-16(21(27)25-19-11-9-17(10-12-19)20(23)26)24-15-22(13-5-6-14-22)18-7-3-2-4-8-18/h2-4,7-12,16,24H,5-6,13-15H2,1H3,(H2,23,26)(H,25,27). The molecule has 1 atom stereocenters. The highest BCUT2D eigenvalue weighted by atomic mass is 16.2. The van der Waals surface area contributed by atoms with Crippen molar-refractivity contribution in [3.63, 3.8) is 0 Å². The van der Waals surface area contributed by atoms with E-state index >= 15 is 0 Å². The van der Waals surface area contributed by atoms with Crippen LogP contribution in [0.2, 0.25) is 0 Å². The van der Waals surface area contributed by atoms with Crippen LogP contribution in [0.15, 0.2) is 54.6 Å². The van der Waals surface area contributed by atoms with Gasteiger partial charge < -0.3 is 16.4 Å². The first-order chi connectivity index (χ1) is 13.0. The molecular weight excluding hydrogens is 338 g/mol. The molecule has 0 spiro atoms. The van der Waals surface area contributed by atoms with Gasteiger partial charge in [-0.1, -0.05) is 43.2 Å². The number of hydrogen-bond acceptors (Lipinski definition) is 3. The molecule has 0 aromatic heterocycles. The number of hydrogen-bond donors (Lipinski definition) is 3. The number of benzene rings is 2.